The molecule has 0 amide bonds. The molecule has 0 aromatic carbocycles. The first-order valence-electron chi connectivity index (χ1n) is 7.03. The highest BCUT2D eigenvalue weighted by atomic mass is 15.3. The van der Waals surface area contributed by atoms with E-state index in [0.717, 1.165) is 25.6 Å². The fourth-order valence-electron chi connectivity index (χ4n) is 2.55. The molecule has 2 aliphatic rings. The van der Waals surface area contributed by atoms with E-state index < -0.39 is 0 Å². The Kier molecular flexibility index (Phi) is 4.89. The molecule has 0 fully saturated rings. The Hall–Kier alpha value is -0.990. The lowest BCUT2D eigenvalue weighted by Crippen LogP contribution is -2.42. The maximum atomic E-state index is 4.52. The minimum Gasteiger partial charge on any atom is -0.356 e. The second kappa shape index (κ2) is 6.67. The monoisotopic (exact) mass is 235 g/mol. The van der Waals surface area contributed by atoms with Gasteiger partial charge in [0.25, 0.3) is 0 Å². The minimum absolute atomic E-state index is 0.982. The third-order valence-electron chi connectivity index (χ3n) is 3.64. The van der Waals surface area contributed by atoms with Gasteiger partial charge in [-0.05, 0) is 38.5 Å². The van der Waals surface area contributed by atoms with Crippen molar-refractivity contribution in [2.24, 2.45) is 4.99 Å². The molecule has 1 aliphatic heterocycles. The molecule has 0 saturated heterocycles. The third-order valence-corrected chi connectivity index (χ3v) is 3.64. The van der Waals surface area contributed by atoms with Crippen molar-refractivity contribution in [1.29, 1.82) is 0 Å². The van der Waals surface area contributed by atoms with Crippen LogP contribution >= 0.6 is 0 Å². The van der Waals surface area contributed by atoms with Gasteiger partial charge in [-0.15, -0.1) is 0 Å². The number of hydrogen-bond acceptors (Lipinski definition) is 3. The molecule has 2 rings (SSSR count). The van der Waals surface area contributed by atoms with Crippen LogP contribution in [0.1, 0.15) is 44.9 Å². The zero-order valence-corrected chi connectivity index (χ0v) is 11.0. The molecule has 1 N–H and O–H groups in total. The smallest absolute Gasteiger partial charge is 0.193 e. The van der Waals surface area contributed by atoms with Crippen LogP contribution in [-0.2, 0) is 0 Å². The Morgan fingerprint density at radius 3 is 3.12 bits per heavy atom. The summed E-state index contributed by atoms with van der Waals surface area (Å²) >= 11 is 0. The van der Waals surface area contributed by atoms with E-state index in [9.17, 15) is 0 Å². The summed E-state index contributed by atoms with van der Waals surface area (Å²) in [6, 6.07) is 0. The van der Waals surface area contributed by atoms with Crippen LogP contribution < -0.4 is 5.32 Å². The van der Waals surface area contributed by atoms with Gasteiger partial charge in [-0.3, -0.25) is 4.99 Å². The van der Waals surface area contributed by atoms with Gasteiger partial charge in [-0.1, -0.05) is 18.1 Å². The molecule has 0 aromatic heterocycles. The normalized spacial score (nSPS) is 21.6. The number of allylic oxidation sites excluding steroid dienone is 1. The quantitative estimate of drug-likeness (QED) is 0.761. The van der Waals surface area contributed by atoms with E-state index in [4.69, 9.17) is 0 Å². The zero-order chi connectivity index (χ0) is 11.9. The van der Waals surface area contributed by atoms with E-state index in [2.05, 4.69) is 28.3 Å². The number of rotatable bonds is 3. The Bertz CT molecular complexity index is 294. The molecule has 3 heteroatoms. The van der Waals surface area contributed by atoms with Crippen LogP contribution in [0.2, 0.25) is 0 Å². The minimum atomic E-state index is 0.982. The molecular weight excluding hydrogens is 210 g/mol. The largest absolute Gasteiger partial charge is 0.356 e. The molecule has 0 spiro atoms. The Morgan fingerprint density at radius 2 is 2.24 bits per heavy atom. The van der Waals surface area contributed by atoms with Crippen molar-refractivity contribution in [2.45, 2.75) is 44.9 Å². The maximum Gasteiger partial charge on any atom is 0.193 e. The highest BCUT2D eigenvalue weighted by Gasteiger charge is 2.10. The number of nitrogens with one attached hydrogen (secondary N) is 1. The Morgan fingerprint density at radius 1 is 1.29 bits per heavy atom. The maximum absolute atomic E-state index is 4.52. The number of hydrogen-bond donors (Lipinski definition) is 1. The van der Waals surface area contributed by atoms with Gasteiger partial charge < -0.3 is 10.2 Å². The van der Waals surface area contributed by atoms with Crippen molar-refractivity contribution in [1.82, 2.24) is 10.2 Å². The van der Waals surface area contributed by atoms with Gasteiger partial charge in [-0.25, -0.2) is 0 Å². The van der Waals surface area contributed by atoms with Crippen molar-refractivity contribution in [2.75, 3.05) is 26.7 Å². The molecular formula is C14H25N3. The van der Waals surface area contributed by atoms with Crippen LogP contribution in [0, 0.1) is 0 Å². The Balaban J connectivity index is 1.71. The van der Waals surface area contributed by atoms with Crippen LogP contribution in [0.3, 0.4) is 0 Å². The first-order valence-corrected chi connectivity index (χ1v) is 7.03. The molecule has 17 heavy (non-hydrogen) atoms. The molecule has 1 aliphatic carbocycles. The molecule has 0 radical (unpaired) electrons. The highest BCUT2D eigenvalue weighted by molar-refractivity contribution is 5.80. The fraction of sp³-hybridized carbons (Fsp3) is 0.786. The summed E-state index contributed by atoms with van der Waals surface area (Å²) < 4.78 is 0. The topological polar surface area (TPSA) is 27.6 Å². The van der Waals surface area contributed by atoms with Crippen molar-refractivity contribution in [3.63, 3.8) is 0 Å². The summed E-state index contributed by atoms with van der Waals surface area (Å²) in [6.07, 6.45) is 11.6. The summed E-state index contributed by atoms with van der Waals surface area (Å²) in [5, 5.41) is 3.47. The zero-order valence-electron chi connectivity index (χ0n) is 11.0. The van der Waals surface area contributed by atoms with Crippen LogP contribution in [0.25, 0.3) is 0 Å². The average Bonchev–Trinajstić information content (AvgIpc) is 2.60. The first kappa shape index (κ1) is 12.5. The standard InChI is InChI=1S/C14H25N3/c1-17-12-6-10-15-14(17)16-11-9-13-7-4-2-3-5-8-13/h7H,2-6,8-12H2,1H3,(H,15,16). The number of nitrogens with zero attached hydrogens (tertiary/aromatic N) is 2. The summed E-state index contributed by atoms with van der Waals surface area (Å²) in [6.45, 7) is 3.15. The van der Waals surface area contributed by atoms with Crippen molar-refractivity contribution >= 4 is 5.96 Å². The van der Waals surface area contributed by atoms with Crippen molar-refractivity contribution in [3.8, 4) is 0 Å². The Labute approximate surface area is 105 Å². The van der Waals surface area contributed by atoms with E-state index >= 15 is 0 Å². The van der Waals surface area contributed by atoms with Crippen molar-refractivity contribution in [3.05, 3.63) is 11.6 Å². The van der Waals surface area contributed by atoms with Crippen LogP contribution in [0.15, 0.2) is 16.6 Å². The van der Waals surface area contributed by atoms with Crippen LogP contribution in [0.4, 0.5) is 0 Å². The molecule has 0 saturated carbocycles. The lowest BCUT2D eigenvalue weighted by atomic mass is 10.1. The van der Waals surface area contributed by atoms with E-state index in [1.54, 1.807) is 5.57 Å². The van der Waals surface area contributed by atoms with E-state index in [0.29, 0.717) is 0 Å². The van der Waals surface area contributed by atoms with Crippen LogP contribution in [-0.4, -0.2) is 37.5 Å². The molecule has 0 atom stereocenters. The van der Waals surface area contributed by atoms with Gasteiger partial charge in [-0.2, -0.15) is 0 Å². The second-order valence-electron chi connectivity index (χ2n) is 5.12. The van der Waals surface area contributed by atoms with Gasteiger partial charge in [0, 0.05) is 26.7 Å². The molecule has 0 aromatic rings. The molecule has 0 unspecified atom stereocenters. The van der Waals surface area contributed by atoms with E-state index in [1.165, 1.54) is 44.9 Å². The van der Waals surface area contributed by atoms with E-state index in [-0.39, 0.29) is 0 Å². The molecule has 0 bridgehead atoms. The summed E-state index contributed by atoms with van der Waals surface area (Å²) in [5.41, 5.74) is 1.65. The van der Waals surface area contributed by atoms with Gasteiger partial charge in [0.05, 0.1) is 0 Å². The predicted molar refractivity (Wildman–Crippen MR) is 73.3 cm³/mol. The van der Waals surface area contributed by atoms with Gasteiger partial charge in [0.1, 0.15) is 0 Å². The fourth-order valence-corrected chi connectivity index (χ4v) is 2.55. The summed E-state index contributed by atoms with van der Waals surface area (Å²) in [4.78, 5) is 6.75. The van der Waals surface area contributed by atoms with Gasteiger partial charge >= 0.3 is 0 Å². The average molecular weight is 235 g/mol. The number of aliphatic imine (C=N–C) groups is 1. The SMILES string of the molecule is CN1CCCN=C1NCCC1=CCCCCC1. The summed E-state index contributed by atoms with van der Waals surface area (Å²) in [5.74, 6) is 1.09. The van der Waals surface area contributed by atoms with Crippen molar-refractivity contribution < 1.29 is 0 Å². The third kappa shape index (κ3) is 4.06. The second-order valence-corrected chi connectivity index (χ2v) is 5.12. The number of guanidine groups is 1. The van der Waals surface area contributed by atoms with Gasteiger partial charge in [0.15, 0.2) is 5.96 Å². The molecule has 3 nitrogen and oxygen atoms in total. The molecule has 1 heterocycles. The van der Waals surface area contributed by atoms with Gasteiger partial charge in [0.2, 0.25) is 0 Å². The lowest BCUT2D eigenvalue weighted by molar-refractivity contribution is 0.446. The molecule has 96 valence electrons. The predicted octanol–water partition coefficient (Wildman–Crippen LogP) is 2.55. The lowest BCUT2D eigenvalue weighted by Gasteiger charge is -2.25. The van der Waals surface area contributed by atoms with E-state index in [1.807, 2.05) is 0 Å². The van der Waals surface area contributed by atoms with Crippen LogP contribution in [0.5, 0.6) is 0 Å². The first-order chi connectivity index (χ1) is 8.36. The highest BCUT2D eigenvalue weighted by Crippen LogP contribution is 2.19. The summed E-state index contributed by atoms with van der Waals surface area (Å²) in [7, 11) is 2.12.